The summed E-state index contributed by atoms with van der Waals surface area (Å²) < 4.78 is 13.8. The Labute approximate surface area is 154 Å². The molecule has 132 valence electrons. The minimum Gasteiger partial charge on any atom is -0.346 e. The highest BCUT2D eigenvalue weighted by molar-refractivity contribution is 7.80. The van der Waals surface area contributed by atoms with E-state index in [0.717, 1.165) is 42.5 Å². The van der Waals surface area contributed by atoms with Gasteiger partial charge in [-0.2, -0.15) is 0 Å². The third-order valence-electron chi connectivity index (χ3n) is 4.77. The maximum absolute atomic E-state index is 13.8. The number of hydrogen-bond donors (Lipinski definition) is 1. The van der Waals surface area contributed by atoms with Crippen molar-refractivity contribution < 1.29 is 4.39 Å². The maximum atomic E-state index is 13.8. The summed E-state index contributed by atoms with van der Waals surface area (Å²) in [7, 11) is 0. The number of halogens is 1. The number of hydrogen-bond acceptors (Lipinski definition) is 2. The minimum absolute atomic E-state index is 0.128. The SMILES string of the molecule is Cc1ccc(NC(=S)N2CCN(Cc3ccccc3F)CC2)cc1C. The molecule has 1 aliphatic rings. The van der Waals surface area contributed by atoms with Crippen LogP contribution in [0.3, 0.4) is 0 Å². The first kappa shape index (κ1) is 17.8. The van der Waals surface area contributed by atoms with Gasteiger partial charge in [-0.05, 0) is 55.4 Å². The first-order valence-corrected chi connectivity index (χ1v) is 9.03. The van der Waals surface area contributed by atoms with Gasteiger partial charge in [-0.15, -0.1) is 0 Å². The van der Waals surface area contributed by atoms with E-state index >= 15 is 0 Å². The van der Waals surface area contributed by atoms with Gasteiger partial charge in [0.15, 0.2) is 5.11 Å². The van der Waals surface area contributed by atoms with Gasteiger partial charge in [0.05, 0.1) is 0 Å². The zero-order chi connectivity index (χ0) is 17.8. The molecule has 3 rings (SSSR count). The van der Waals surface area contributed by atoms with Crippen molar-refractivity contribution in [2.75, 3.05) is 31.5 Å². The standard InChI is InChI=1S/C20H24FN3S/c1-15-7-8-18(13-16(15)2)22-20(25)24-11-9-23(10-12-24)14-17-5-3-4-6-19(17)21/h3-8,13H,9-12,14H2,1-2H3,(H,22,25). The predicted octanol–water partition coefficient (Wildman–Crippen LogP) is 3.96. The molecular weight excluding hydrogens is 333 g/mol. The zero-order valence-electron chi connectivity index (χ0n) is 14.8. The van der Waals surface area contributed by atoms with Crippen LogP contribution in [-0.2, 0) is 6.54 Å². The highest BCUT2D eigenvalue weighted by atomic mass is 32.1. The number of thiocarbonyl (C=S) groups is 1. The van der Waals surface area contributed by atoms with Crippen molar-refractivity contribution in [3.63, 3.8) is 0 Å². The molecule has 0 aromatic heterocycles. The van der Waals surface area contributed by atoms with E-state index in [-0.39, 0.29) is 5.82 Å². The van der Waals surface area contributed by atoms with Crippen LogP contribution < -0.4 is 5.32 Å². The molecule has 3 nitrogen and oxygen atoms in total. The van der Waals surface area contributed by atoms with Gasteiger partial charge in [0, 0.05) is 44.0 Å². The highest BCUT2D eigenvalue weighted by Gasteiger charge is 2.19. The first-order valence-electron chi connectivity index (χ1n) is 8.62. The Hall–Kier alpha value is -1.98. The van der Waals surface area contributed by atoms with Crippen LogP contribution in [-0.4, -0.2) is 41.1 Å². The van der Waals surface area contributed by atoms with Crippen molar-refractivity contribution in [2.45, 2.75) is 20.4 Å². The Bertz CT molecular complexity index is 754. The Balaban J connectivity index is 1.52. The lowest BCUT2D eigenvalue weighted by molar-refractivity contribution is 0.175. The van der Waals surface area contributed by atoms with Crippen LogP contribution in [0.4, 0.5) is 10.1 Å². The minimum atomic E-state index is -0.128. The second-order valence-electron chi connectivity index (χ2n) is 6.58. The molecule has 1 N–H and O–H groups in total. The molecule has 0 amide bonds. The second kappa shape index (κ2) is 7.93. The molecule has 0 unspecified atom stereocenters. The average molecular weight is 357 g/mol. The summed E-state index contributed by atoms with van der Waals surface area (Å²) in [6, 6.07) is 13.3. The van der Waals surface area contributed by atoms with Crippen LogP contribution in [0.1, 0.15) is 16.7 Å². The van der Waals surface area contributed by atoms with Crippen molar-refractivity contribution in [1.29, 1.82) is 0 Å². The third kappa shape index (κ3) is 4.55. The largest absolute Gasteiger partial charge is 0.346 e. The van der Waals surface area contributed by atoms with Crippen molar-refractivity contribution >= 4 is 23.0 Å². The maximum Gasteiger partial charge on any atom is 0.173 e. The van der Waals surface area contributed by atoms with Gasteiger partial charge in [0.25, 0.3) is 0 Å². The lowest BCUT2D eigenvalue weighted by atomic mass is 10.1. The van der Waals surface area contributed by atoms with E-state index in [1.165, 1.54) is 17.2 Å². The Morgan fingerprint density at radius 2 is 1.76 bits per heavy atom. The molecule has 0 aliphatic carbocycles. The van der Waals surface area contributed by atoms with E-state index in [9.17, 15) is 4.39 Å². The number of anilines is 1. The molecule has 1 fully saturated rings. The normalized spacial score (nSPS) is 15.2. The van der Waals surface area contributed by atoms with E-state index in [2.05, 4.69) is 47.2 Å². The number of rotatable bonds is 3. The lowest BCUT2D eigenvalue weighted by Gasteiger charge is -2.36. The number of aryl methyl sites for hydroxylation is 2. The number of nitrogens with zero attached hydrogens (tertiary/aromatic N) is 2. The molecule has 0 saturated carbocycles. The van der Waals surface area contributed by atoms with Gasteiger partial charge in [0.2, 0.25) is 0 Å². The van der Waals surface area contributed by atoms with Gasteiger partial charge >= 0.3 is 0 Å². The lowest BCUT2D eigenvalue weighted by Crippen LogP contribution is -2.49. The zero-order valence-corrected chi connectivity index (χ0v) is 15.6. The quantitative estimate of drug-likeness (QED) is 0.838. The second-order valence-corrected chi connectivity index (χ2v) is 6.97. The van der Waals surface area contributed by atoms with Crippen molar-refractivity contribution in [1.82, 2.24) is 9.80 Å². The van der Waals surface area contributed by atoms with Crippen molar-refractivity contribution in [3.05, 3.63) is 65.0 Å². The summed E-state index contributed by atoms with van der Waals surface area (Å²) in [5.41, 5.74) is 4.31. The average Bonchev–Trinajstić information content (AvgIpc) is 2.61. The molecule has 0 spiro atoms. The van der Waals surface area contributed by atoms with Gasteiger partial charge in [-0.1, -0.05) is 24.3 Å². The smallest absolute Gasteiger partial charge is 0.173 e. The van der Waals surface area contributed by atoms with Crippen LogP contribution in [0.5, 0.6) is 0 Å². The third-order valence-corrected chi connectivity index (χ3v) is 5.13. The van der Waals surface area contributed by atoms with Gasteiger partial charge in [-0.3, -0.25) is 4.90 Å². The molecule has 0 bridgehead atoms. The fraction of sp³-hybridized carbons (Fsp3) is 0.350. The Kier molecular flexibility index (Phi) is 5.66. The van der Waals surface area contributed by atoms with Gasteiger partial charge in [0.1, 0.15) is 5.82 Å². The van der Waals surface area contributed by atoms with Crippen LogP contribution in [0.25, 0.3) is 0 Å². The fourth-order valence-electron chi connectivity index (χ4n) is 3.00. The van der Waals surface area contributed by atoms with Gasteiger partial charge < -0.3 is 10.2 Å². The van der Waals surface area contributed by atoms with E-state index in [0.29, 0.717) is 6.54 Å². The summed E-state index contributed by atoms with van der Waals surface area (Å²) in [6.45, 7) is 8.32. The topological polar surface area (TPSA) is 18.5 Å². The van der Waals surface area contributed by atoms with E-state index < -0.39 is 0 Å². The monoisotopic (exact) mass is 357 g/mol. The molecule has 0 atom stereocenters. The van der Waals surface area contributed by atoms with Crippen molar-refractivity contribution in [2.24, 2.45) is 0 Å². The predicted molar refractivity (Wildman–Crippen MR) is 105 cm³/mol. The van der Waals surface area contributed by atoms with Crippen molar-refractivity contribution in [3.8, 4) is 0 Å². The summed E-state index contributed by atoms with van der Waals surface area (Å²) in [5.74, 6) is -0.128. The van der Waals surface area contributed by atoms with Gasteiger partial charge in [-0.25, -0.2) is 4.39 Å². The molecule has 2 aromatic rings. The first-order chi connectivity index (χ1) is 12.0. The molecule has 1 aliphatic heterocycles. The molecular formula is C20H24FN3S. The number of piperazine rings is 1. The van der Waals surface area contributed by atoms with Crippen LogP contribution in [0, 0.1) is 19.7 Å². The van der Waals surface area contributed by atoms with Crippen LogP contribution >= 0.6 is 12.2 Å². The number of benzene rings is 2. The van der Waals surface area contributed by atoms with E-state index in [1.54, 1.807) is 6.07 Å². The molecule has 25 heavy (non-hydrogen) atoms. The summed E-state index contributed by atoms with van der Waals surface area (Å²) in [5, 5.41) is 4.09. The Morgan fingerprint density at radius 3 is 2.44 bits per heavy atom. The molecule has 0 radical (unpaired) electrons. The molecule has 1 heterocycles. The summed E-state index contributed by atoms with van der Waals surface area (Å²) >= 11 is 5.56. The number of nitrogens with one attached hydrogen (secondary N) is 1. The molecule has 2 aromatic carbocycles. The van der Waals surface area contributed by atoms with E-state index in [1.807, 2.05) is 12.1 Å². The highest BCUT2D eigenvalue weighted by Crippen LogP contribution is 2.16. The summed E-state index contributed by atoms with van der Waals surface area (Å²) in [4.78, 5) is 4.45. The molecule has 5 heteroatoms. The van der Waals surface area contributed by atoms with E-state index in [4.69, 9.17) is 12.2 Å². The summed E-state index contributed by atoms with van der Waals surface area (Å²) in [6.07, 6.45) is 0. The Morgan fingerprint density at radius 1 is 1.04 bits per heavy atom. The van der Waals surface area contributed by atoms with Crippen LogP contribution in [0.15, 0.2) is 42.5 Å². The fourth-order valence-corrected chi connectivity index (χ4v) is 3.30. The van der Waals surface area contributed by atoms with Crippen LogP contribution in [0.2, 0.25) is 0 Å². The molecule has 1 saturated heterocycles.